The van der Waals surface area contributed by atoms with E-state index in [2.05, 4.69) is 6.07 Å². The Labute approximate surface area is 142 Å². The molecule has 2 atom stereocenters. The lowest BCUT2D eigenvalue weighted by atomic mass is 9.66. The fraction of sp³-hybridized carbons (Fsp3) is 0.556. The molecule has 4 nitrogen and oxygen atoms in total. The van der Waals surface area contributed by atoms with Crippen LogP contribution in [0.2, 0.25) is 0 Å². The summed E-state index contributed by atoms with van der Waals surface area (Å²) in [5.74, 6) is 0. The number of nitrogens with zero attached hydrogens (tertiary/aromatic N) is 2. The number of hydrogen-bond acceptors (Lipinski definition) is 3. The SMILES string of the molecule is CSc1ccc(C2(C#N)CCN(C(=O)O)C(C(C)(C)C)C2)cc1. The minimum Gasteiger partial charge on any atom is -0.465 e. The van der Waals surface area contributed by atoms with Crippen molar-refractivity contribution < 1.29 is 9.90 Å². The summed E-state index contributed by atoms with van der Waals surface area (Å²) in [4.78, 5) is 14.2. The van der Waals surface area contributed by atoms with Gasteiger partial charge in [-0.15, -0.1) is 11.8 Å². The van der Waals surface area contributed by atoms with E-state index in [1.165, 1.54) is 4.90 Å². The molecule has 1 saturated heterocycles. The lowest BCUT2D eigenvalue weighted by Crippen LogP contribution is -2.55. The molecule has 0 aromatic heterocycles. The summed E-state index contributed by atoms with van der Waals surface area (Å²) < 4.78 is 0. The highest BCUT2D eigenvalue weighted by Gasteiger charge is 2.47. The second-order valence-electron chi connectivity index (χ2n) is 7.23. The average molecular weight is 332 g/mol. The van der Waals surface area contributed by atoms with E-state index >= 15 is 0 Å². The van der Waals surface area contributed by atoms with Gasteiger partial charge in [-0.25, -0.2) is 4.79 Å². The number of amides is 1. The Morgan fingerprint density at radius 3 is 2.43 bits per heavy atom. The lowest BCUT2D eigenvalue weighted by molar-refractivity contribution is 0.0413. The van der Waals surface area contributed by atoms with Crippen LogP contribution in [0, 0.1) is 16.7 Å². The molecule has 2 unspecified atom stereocenters. The van der Waals surface area contributed by atoms with Crippen molar-refractivity contribution in [3.05, 3.63) is 29.8 Å². The van der Waals surface area contributed by atoms with Crippen molar-refractivity contribution in [3.63, 3.8) is 0 Å². The Balaban J connectivity index is 2.39. The molecule has 0 saturated carbocycles. The fourth-order valence-corrected chi connectivity index (χ4v) is 3.76. The second-order valence-corrected chi connectivity index (χ2v) is 8.11. The maximum atomic E-state index is 11.6. The Kier molecular flexibility index (Phi) is 4.95. The van der Waals surface area contributed by atoms with Gasteiger partial charge in [0.15, 0.2) is 0 Å². The van der Waals surface area contributed by atoms with Crippen LogP contribution in [0.4, 0.5) is 4.79 Å². The molecule has 1 aliphatic rings. The van der Waals surface area contributed by atoms with Crippen LogP contribution in [0.5, 0.6) is 0 Å². The molecule has 124 valence electrons. The number of rotatable bonds is 2. The van der Waals surface area contributed by atoms with Crippen molar-refractivity contribution in [3.8, 4) is 6.07 Å². The standard InChI is InChI=1S/C18H24N2O2S/c1-17(2,3)15-11-18(12-19,9-10-20(15)16(21)22)13-5-7-14(23-4)8-6-13/h5-8,15H,9-11H2,1-4H3,(H,21,22). The third-order valence-electron chi connectivity index (χ3n) is 4.80. The largest absolute Gasteiger partial charge is 0.465 e. The van der Waals surface area contributed by atoms with E-state index < -0.39 is 11.5 Å². The van der Waals surface area contributed by atoms with Crippen molar-refractivity contribution in [1.82, 2.24) is 4.90 Å². The third kappa shape index (κ3) is 3.48. The summed E-state index contributed by atoms with van der Waals surface area (Å²) in [7, 11) is 0. The van der Waals surface area contributed by atoms with E-state index in [-0.39, 0.29) is 11.5 Å². The molecule has 1 aromatic carbocycles. The first-order valence-electron chi connectivity index (χ1n) is 7.79. The maximum Gasteiger partial charge on any atom is 0.407 e. The van der Waals surface area contributed by atoms with Crippen molar-refractivity contribution in [2.75, 3.05) is 12.8 Å². The molecule has 2 rings (SSSR count). The lowest BCUT2D eigenvalue weighted by Gasteiger charge is -2.47. The zero-order valence-corrected chi connectivity index (χ0v) is 15.0. The van der Waals surface area contributed by atoms with Gasteiger partial charge in [0.2, 0.25) is 0 Å². The monoisotopic (exact) mass is 332 g/mol. The Bertz CT molecular complexity index is 615. The summed E-state index contributed by atoms with van der Waals surface area (Å²) in [5, 5.41) is 19.4. The number of nitriles is 1. The van der Waals surface area contributed by atoms with Crippen LogP contribution in [0.1, 0.15) is 39.2 Å². The van der Waals surface area contributed by atoms with E-state index in [1.54, 1.807) is 11.8 Å². The predicted octanol–water partition coefficient (Wildman–Crippen LogP) is 4.36. The van der Waals surface area contributed by atoms with Crippen LogP contribution in [0.15, 0.2) is 29.2 Å². The Morgan fingerprint density at radius 1 is 1.39 bits per heavy atom. The normalized spacial score (nSPS) is 25.0. The van der Waals surface area contributed by atoms with Gasteiger partial charge in [-0.05, 0) is 42.2 Å². The summed E-state index contributed by atoms with van der Waals surface area (Å²) in [6.45, 7) is 6.52. The van der Waals surface area contributed by atoms with E-state index in [1.807, 2.05) is 51.3 Å². The van der Waals surface area contributed by atoms with E-state index in [0.717, 1.165) is 10.5 Å². The van der Waals surface area contributed by atoms with Crippen molar-refractivity contribution >= 4 is 17.9 Å². The Hall–Kier alpha value is -1.67. The molecule has 1 aromatic rings. The molecule has 1 heterocycles. The minimum atomic E-state index is -0.894. The molecule has 0 spiro atoms. The average Bonchev–Trinajstić information content (AvgIpc) is 2.53. The first-order chi connectivity index (χ1) is 10.7. The summed E-state index contributed by atoms with van der Waals surface area (Å²) in [6, 6.07) is 10.4. The van der Waals surface area contributed by atoms with Gasteiger partial charge < -0.3 is 10.0 Å². The van der Waals surface area contributed by atoms with E-state index in [0.29, 0.717) is 19.4 Å². The third-order valence-corrected chi connectivity index (χ3v) is 5.54. The number of likely N-dealkylation sites (tertiary alicyclic amines) is 1. The van der Waals surface area contributed by atoms with Gasteiger partial charge in [-0.3, -0.25) is 0 Å². The van der Waals surface area contributed by atoms with Crippen LogP contribution in [-0.4, -0.2) is 34.9 Å². The number of carboxylic acid groups (broad SMARTS) is 1. The second kappa shape index (κ2) is 6.45. The molecule has 1 aliphatic heterocycles. The van der Waals surface area contributed by atoms with Crippen LogP contribution < -0.4 is 0 Å². The van der Waals surface area contributed by atoms with Crippen LogP contribution in [-0.2, 0) is 5.41 Å². The van der Waals surface area contributed by atoms with Gasteiger partial charge in [0.05, 0.1) is 11.5 Å². The molecule has 0 aliphatic carbocycles. The molecule has 1 amide bonds. The number of carbonyl (C=O) groups is 1. The molecule has 1 N–H and O–H groups in total. The number of thioether (sulfide) groups is 1. The van der Waals surface area contributed by atoms with Gasteiger partial charge in [0.25, 0.3) is 0 Å². The van der Waals surface area contributed by atoms with E-state index in [9.17, 15) is 15.2 Å². The first-order valence-corrected chi connectivity index (χ1v) is 9.01. The zero-order chi connectivity index (χ0) is 17.3. The summed E-state index contributed by atoms with van der Waals surface area (Å²) >= 11 is 1.67. The minimum absolute atomic E-state index is 0.173. The zero-order valence-electron chi connectivity index (χ0n) is 14.2. The molecular weight excluding hydrogens is 308 g/mol. The van der Waals surface area contributed by atoms with Crippen LogP contribution in [0.3, 0.4) is 0 Å². The van der Waals surface area contributed by atoms with Crippen molar-refractivity contribution in [1.29, 1.82) is 5.26 Å². The van der Waals surface area contributed by atoms with Gasteiger partial charge in [0.1, 0.15) is 0 Å². The predicted molar refractivity (Wildman–Crippen MR) is 92.7 cm³/mol. The van der Waals surface area contributed by atoms with Crippen molar-refractivity contribution in [2.45, 2.75) is 50.0 Å². The maximum absolute atomic E-state index is 11.6. The van der Waals surface area contributed by atoms with Gasteiger partial charge in [-0.2, -0.15) is 5.26 Å². The molecule has 0 bridgehead atoms. The molecule has 5 heteroatoms. The highest BCUT2D eigenvalue weighted by atomic mass is 32.2. The number of hydrogen-bond donors (Lipinski definition) is 1. The van der Waals surface area contributed by atoms with Crippen LogP contribution >= 0.6 is 11.8 Å². The smallest absolute Gasteiger partial charge is 0.407 e. The first kappa shape index (κ1) is 17.7. The van der Waals surface area contributed by atoms with Crippen LogP contribution in [0.25, 0.3) is 0 Å². The fourth-order valence-electron chi connectivity index (χ4n) is 3.35. The molecule has 23 heavy (non-hydrogen) atoms. The highest BCUT2D eigenvalue weighted by molar-refractivity contribution is 7.98. The van der Waals surface area contributed by atoms with E-state index in [4.69, 9.17) is 0 Å². The van der Waals surface area contributed by atoms with Gasteiger partial charge >= 0.3 is 6.09 Å². The summed E-state index contributed by atoms with van der Waals surface area (Å²) in [6.07, 6.45) is 2.21. The Morgan fingerprint density at radius 2 is 2.00 bits per heavy atom. The van der Waals surface area contributed by atoms with Gasteiger partial charge in [0, 0.05) is 17.5 Å². The molecule has 0 radical (unpaired) electrons. The molecular formula is C18H24N2O2S. The van der Waals surface area contributed by atoms with Gasteiger partial charge in [-0.1, -0.05) is 32.9 Å². The number of benzene rings is 1. The topological polar surface area (TPSA) is 64.3 Å². The number of piperidine rings is 1. The quantitative estimate of drug-likeness (QED) is 0.817. The summed E-state index contributed by atoms with van der Waals surface area (Å²) in [5.41, 5.74) is 0.179. The molecule has 1 fully saturated rings. The van der Waals surface area contributed by atoms with Crippen molar-refractivity contribution in [2.24, 2.45) is 5.41 Å². The highest BCUT2D eigenvalue weighted by Crippen LogP contribution is 2.43.